The zero-order valence-corrected chi connectivity index (χ0v) is 13.0. The quantitative estimate of drug-likeness (QED) is 0.701. The molecule has 2 aliphatic rings. The number of amides is 1. The number of nitrogens with one attached hydrogen (secondary N) is 1. The molecule has 116 valence electrons. The topological polar surface area (TPSA) is 58.4 Å². The molecular weight excluding hydrogens is 250 g/mol. The summed E-state index contributed by atoms with van der Waals surface area (Å²) in [6, 6.07) is 0. The lowest BCUT2D eigenvalue weighted by molar-refractivity contribution is -0.124. The molecule has 0 radical (unpaired) electrons. The van der Waals surface area contributed by atoms with Crippen molar-refractivity contribution in [3.63, 3.8) is 0 Å². The van der Waals surface area contributed by atoms with Crippen LogP contribution < -0.4 is 11.1 Å². The van der Waals surface area contributed by atoms with Crippen LogP contribution in [-0.4, -0.2) is 42.5 Å². The fraction of sp³-hybridized carbons (Fsp3) is 0.938. The summed E-state index contributed by atoms with van der Waals surface area (Å²) in [7, 11) is 0. The number of hydrogen-bond acceptors (Lipinski definition) is 3. The number of likely N-dealkylation sites (N-methyl/N-ethyl adjacent to an activating group) is 1. The molecule has 0 spiro atoms. The van der Waals surface area contributed by atoms with Crippen molar-refractivity contribution in [2.24, 2.45) is 11.7 Å². The molecule has 4 nitrogen and oxygen atoms in total. The van der Waals surface area contributed by atoms with Crippen LogP contribution in [0.2, 0.25) is 0 Å². The molecule has 4 heteroatoms. The fourth-order valence-electron chi connectivity index (χ4n) is 3.46. The van der Waals surface area contributed by atoms with Crippen molar-refractivity contribution in [2.75, 3.05) is 26.2 Å². The van der Waals surface area contributed by atoms with Gasteiger partial charge in [0.2, 0.25) is 5.91 Å². The highest BCUT2D eigenvalue weighted by molar-refractivity contribution is 5.78. The summed E-state index contributed by atoms with van der Waals surface area (Å²) >= 11 is 0. The van der Waals surface area contributed by atoms with Crippen LogP contribution in [-0.2, 0) is 4.79 Å². The van der Waals surface area contributed by atoms with Gasteiger partial charge < -0.3 is 11.1 Å². The smallest absolute Gasteiger partial charge is 0.234 e. The number of hydrogen-bond donors (Lipinski definition) is 2. The van der Waals surface area contributed by atoms with E-state index in [0.29, 0.717) is 13.1 Å². The van der Waals surface area contributed by atoms with E-state index in [9.17, 15) is 4.79 Å². The average Bonchev–Trinajstić information content (AvgIpc) is 3.29. The number of nitrogens with zero attached hydrogens (tertiary/aromatic N) is 1. The Labute approximate surface area is 123 Å². The Bertz CT molecular complexity index is 307. The number of rotatable bonds is 7. The second kappa shape index (κ2) is 7.41. The van der Waals surface area contributed by atoms with Gasteiger partial charge in [-0.2, -0.15) is 0 Å². The Morgan fingerprint density at radius 3 is 2.40 bits per heavy atom. The largest absolute Gasteiger partial charge is 0.355 e. The third-order valence-corrected chi connectivity index (χ3v) is 5.09. The Morgan fingerprint density at radius 1 is 1.25 bits per heavy atom. The highest BCUT2D eigenvalue weighted by Gasteiger charge is 2.36. The van der Waals surface area contributed by atoms with E-state index >= 15 is 0 Å². The summed E-state index contributed by atoms with van der Waals surface area (Å²) in [5.74, 6) is 0.922. The molecule has 0 aromatic heterocycles. The maximum absolute atomic E-state index is 12.1. The lowest BCUT2D eigenvalue weighted by atomic mass is 9.88. The zero-order chi connectivity index (χ0) is 14.4. The molecule has 0 aliphatic heterocycles. The monoisotopic (exact) mass is 281 g/mol. The van der Waals surface area contributed by atoms with E-state index in [1.54, 1.807) is 0 Å². The van der Waals surface area contributed by atoms with Crippen LogP contribution in [0.4, 0.5) is 0 Å². The Morgan fingerprint density at radius 2 is 1.90 bits per heavy atom. The molecule has 0 unspecified atom stereocenters. The maximum atomic E-state index is 12.1. The third kappa shape index (κ3) is 4.19. The molecule has 0 aromatic carbocycles. The standard InChI is InChI=1S/C16H31N3O/c1-2-19(12-15(20)18-11-14-7-8-14)16(13-17)9-5-3-4-6-10-16/h14H,2-13,17H2,1H3,(H,18,20). The molecule has 0 aromatic rings. The van der Waals surface area contributed by atoms with E-state index in [0.717, 1.165) is 31.8 Å². The predicted octanol–water partition coefficient (Wildman–Crippen LogP) is 1.89. The minimum Gasteiger partial charge on any atom is -0.355 e. The first kappa shape index (κ1) is 15.8. The Balaban J connectivity index is 1.90. The molecule has 0 saturated heterocycles. The number of nitrogens with two attached hydrogens (primary N) is 1. The number of carbonyl (C=O) groups excluding carboxylic acids is 1. The van der Waals surface area contributed by atoms with Crippen LogP contribution in [0.25, 0.3) is 0 Å². The molecule has 1 amide bonds. The van der Waals surface area contributed by atoms with E-state index in [1.165, 1.54) is 38.5 Å². The Kier molecular flexibility index (Phi) is 5.85. The first-order valence-electron chi connectivity index (χ1n) is 8.42. The van der Waals surface area contributed by atoms with Gasteiger partial charge in [-0.3, -0.25) is 9.69 Å². The molecule has 20 heavy (non-hydrogen) atoms. The molecule has 3 N–H and O–H groups in total. The van der Waals surface area contributed by atoms with Crippen LogP contribution in [0.15, 0.2) is 0 Å². The van der Waals surface area contributed by atoms with Crippen molar-refractivity contribution in [1.29, 1.82) is 0 Å². The van der Waals surface area contributed by atoms with Gasteiger partial charge >= 0.3 is 0 Å². The van der Waals surface area contributed by atoms with E-state index in [2.05, 4.69) is 17.1 Å². The van der Waals surface area contributed by atoms with Gasteiger partial charge in [0.15, 0.2) is 0 Å². The van der Waals surface area contributed by atoms with Crippen LogP contribution in [0.3, 0.4) is 0 Å². The first-order valence-corrected chi connectivity index (χ1v) is 8.42. The SMILES string of the molecule is CCN(CC(=O)NCC1CC1)C1(CN)CCCCCC1. The third-order valence-electron chi connectivity index (χ3n) is 5.09. The van der Waals surface area contributed by atoms with Crippen molar-refractivity contribution >= 4 is 5.91 Å². The molecule has 2 fully saturated rings. The highest BCUT2D eigenvalue weighted by atomic mass is 16.2. The zero-order valence-electron chi connectivity index (χ0n) is 13.0. The van der Waals surface area contributed by atoms with Crippen molar-refractivity contribution in [1.82, 2.24) is 10.2 Å². The van der Waals surface area contributed by atoms with Crippen LogP contribution >= 0.6 is 0 Å². The van der Waals surface area contributed by atoms with Crippen LogP contribution in [0.1, 0.15) is 58.3 Å². The maximum Gasteiger partial charge on any atom is 0.234 e. The molecule has 0 atom stereocenters. The van der Waals surface area contributed by atoms with Crippen LogP contribution in [0, 0.1) is 5.92 Å². The number of carbonyl (C=O) groups is 1. The second-order valence-corrected chi connectivity index (χ2v) is 6.60. The van der Waals surface area contributed by atoms with E-state index in [-0.39, 0.29) is 11.4 Å². The lowest BCUT2D eigenvalue weighted by Gasteiger charge is -2.42. The van der Waals surface area contributed by atoms with Gasteiger partial charge in [-0.05, 0) is 38.1 Å². The van der Waals surface area contributed by atoms with Gasteiger partial charge in [0.1, 0.15) is 0 Å². The summed E-state index contributed by atoms with van der Waals surface area (Å²) in [6.45, 7) is 5.12. The predicted molar refractivity (Wildman–Crippen MR) is 82.5 cm³/mol. The van der Waals surface area contributed by atoms with Gasteiger partial charge in [-0.25, -0.2) is 0 Å². The summed E-state index contributed by atoms with van der Waals surface area (Å²) in [5, 5.41) is 3.08. The van der Waals surface area contributed by atoms with Crippen LogP contribution in [0.5, 0.6) is 0 Å². The first-order chi connectivity index (χ1) is 9.70. The van der Waals surface area contributed by atoms with Gasteiger partial charge in [-0.15, -0.1) is 0 Å². The molecule has 0 heterocycles. The minimum atomic E-state index is 0.0577. The summed E-state index contributed by atoms with van der Waals surface area (Å²) in [4.78, 5) is 14.5. The summed E-state index contributed by atoms with van der Waals surface area (Å²) < 4.78 is 0. The van der Waals surface area contributed by atoms with Crippen molar-refractivity contribution < 1.29 is 4.79 Å². The normalized spacial score (nSPS) is 22.6. The van der Waals surface area contributed by atoms with Gasteiger partial charge in [0, 0.05) is 18.6 Å². The van der Waals surface area contributed by atoms with Crippen molar-refractivity contribution in [3.8, 4) is 0 Å². The molecular formula is C16H31N3O. The van der Waals surface area contributed by atoms with Gasteiger partial charge in [0.25, 0.3) is 0 Å². The molecule has 2 saturated carbocycles. The molecule has 2 aliphatic carbocycles. The minimum absolute atomic E-state index is 0.0577. The summed E-state index contributed by atoms with van der Waals surface area (Å²) in [6.07, 6.45) is 9.98. The van der Waals surface area contributed by atoms with Crippen molar-refractivity contribution in [2.45, 2.75) is 63.8 Å². The fourth-order valence-corrected chi connectivity index (χ4v) is 3.46. The van der Waals surface area contributed by atoms with Gasteiger partial charge in [0.05, 0.1) is 6.54 Å². The average molecular weight is 281 g/mol. The molecule has 2 rings (SSSR count). The molecule has 0 bridgehead atoms. The lowest BCUT2D eigenvalue weighted by Crippen LogP contribution is -2.56. The highest BCUT2D eigenvalue weighted by Crippen LogP contribution is 2.32. The van der Waals surface area contributed by atoms with Gasteiger partial charge in [-0.1, -0.05) is 32.6 Å². The second-order valence-electron chi connectivity index (χ2n) is 6.60. The van der Waals surface area contributed by atoms with Crippen molar-refractivity contribution in [3.05, 3.63) is 0 Å². The van der Waals surface area contributed by atoms with E-state index in [1.807, 2.05) is 0 Å². The Hall–Kier alpha value is -0.610. The van der Waals surface area contributed by atoms with E-state index in [4.69, 9.17) is 5.73 Å². The summed E-state index contributed by atoms with van der Waals surface area (Å²) in [5.41, 5.74) is 6.18. The van der Waals surface area contributed by atoms with E-state index < -0.39 is 0 Å².